The first-order valence-corrected chi connectivity index (χ1v) is 5.25. The molecule has 0 aliphatic carbocycles. The molecule has 0 bridgehead atoms. The van der Waals surface area contributed by atoms with Crippen LogP contribution in [0.2, 0.25) is 0 Å². The summed E-state index contributed by atoms with van der Waals surface area (Å²) < 4.78 is 5.42. The smallest absolute Gasteiger partial charge is 0.122 e. The number of H-pyrrole nitrogens is 1. The van der Waals surface area contributed by atoms with Gasteiger partial charge in [0.1, 0.15) is 5.75 Å². The van der Waals surface area contributed by atoms with Crippen molar-refractivity contribution in [3.8, 4) is 5.75 Å². The third-order valence-electron chi connectivity index (χ3n) is 2.32. The molecule has 0 atom stereocenters. The molecule has 0 radical (unpaired) electrons. The highest BCUT2D eigenvalue weighted by Gasteiger charge is 2.06. The summed E-state index contributed by atoms with van der Waals surface area (Å²) in [5.74, 6) is 1.08. The van der Waals surface area contributed by atoms with Crippen LogP contribution in [-0.2, 0) is 6.42 Å². The van der Waals surface area contributed by atoms with Gasteiger partial charge >= 0.3 is 0 Å². The predicted molar refractivity (Wildman–Crippen MR) is 61.1 cm³/mol. The standard InChI is InChI=1S/C9H10O.C4H5N/c1-2-6-9-8(4-1)5-3-7-10-9;1-2-4-5-3-1/h1-2,4,6H,3,5,7H2;1-5H. The molecule has 15 heavy (non-hydrogen) atoms. The number of rotatable bonds is 0. The van der Waals surface area contributed by atoms with Crippen molar-refractivity contribution < 1.29 is 4.74 Å². The van der Waals surface area contributed by atoms with Crippen LogP contribution in [-0.4, -0.2) is 11.6 Å². The minimum Gasteiger partial charge on any atom is -0.493 e. The van der Waals surface area contributed by atoms with E-state index in [1.54, 1.807) is 0 Å². The molecule has 1 aliphatic rings. The summed E-state index contributed by atoms with van der Waals surface area (Å²) in [5, 5.41) is 0. The molecule has 1 aromatic carbocycles. The molecule has 2 heterocycles. The van der Waals surface area contributed by atoms with Gasteiger partial charge in [-0.25, -0.2) is 0 Å². The molecule has 0 spiro atoms. The van der Waals surface area contributed by atoms with E-state index in [9.17, 15) is 0 Å². The van der Waals surface area contributed by atoms with E-state index in [1.807, 2.05) is 36.7 Å². The van der Waals surface area contributed by atoms with Crippen LogP contribution in [0.25, 0.3) is 0 Å². The van der Waals surface area contributed by atoms with Gasteiger partial charge in [-0.3, -0.25) is 0 Å². The number of aromatic nitrogens is 1. The number of nitrogens with one attached hydrogen (secondary N) is 1. The SMILES string of the molecule is c1cc[nH]c1.c1ccc2c(c1)CCCO2. The van der Waals surface area contributed by atoms with Crippen molar-refractivity contribution in [1.29, 1.82) is 0 Å². The molecule has 2 aromatic rings. The Morgan fingerprint density at radius 2 is 1.80 bits per heavy atom. The summed E-state index contributed by atoms with van der Waals surface area (Å²) in [4.78, 5) is 2.86. The second kappa shape index (κ2) is 5.25. The molecule has 0 unspecified atom stereocenters. The molecule has 1 N–H and O–H groups in total. The third-order valence-corrected chi connectivity index (χ3v) is 2.32. The number of hydrogen-bond donors (Lipinski definition) is 1. The second-order valence-electron chi connectivity index (χ2n) is 3.44. The van der Waals surface area contributed by atoms with Crippen molar-refractivity contribution in [2.24, 2.45) is 0 Å². The lowest BCUT2D eigenvalue weighted by Crippen LogP contribution is -2.07. The van der Waals surface area contributed by atoms with Gasteiger partial charge in [0, 0.05) is 12.4 Å². The minimum atomic E-state index is 0.886. The number of benzene rings is 1. The van der Waals surface area contributed by atoms with Crippen molar-refractivity contribution in [3.05, 3.63) is 54.4 Å². The van der Waals surface area contributed by atoms with E-state index in [4.69, 9.17) is 4.74 Å². The normalized spacial score (nSPS) is 13.1. The molecule has 1 aliphatic heterocycles. The van der Waals surface area contributed by atoms with Crippen molar-refractivity contribution in [2.75, 3.05) is 6.61 Å². The highest BCUT2D eigenvalue weighted by atomic mass is 16.5. The highest BCUT2D eigenvalue weighted by molar-refractivity contribution is 5.34. The maximum Gasteiger partial charge on any atom is 0.122 e. The molecule has 2 heteroatoms. The highest BCUT2D eigenvalue weighted by Crippen LogP contribution is 2.22. The summed E-state index contributed by atoms with van der Waals surface area (Å²) >= 11 is 0. The average molecular weight is 201 g/mol. The second-order valence-corrected chi connectivity index (χ2v) is 3.44. The Morgan fingerprint density at radius 3 is 2.47 bits per heavy atom. The molecule has 0 saturated heterocycles. The van der Waals surface area contributed by atoms with Gasteiger partial charge in [-0.15, -0.1) is 0 Å². The van der Waals surface area contributed by atoms with Crippen LogP contribution in [0.15, 0.2) is 48.8 Å². The quantitative estimate of drug-likeness (QED) is 0.696. The van der Waals surface area contributed by atoms with Crippen LogP contribution in [0.4, 0.5) is 0 Å². The Morgan fingerprint density at radius 1 is 1.00 bits per heavy atom. The first-order valence-electron chi connectivity index (χ1n) is 5.25. The molecule has 1 aromatic heterocycles. The van der Waals surface area contributed by atoms with Crippen molar-refractivity contribution in [2.45, 2.75) is 12.8 Å². The maximum absolute atomic E-state index is 5.42. The lowest BCUT2D eigenvalue weighted by Gasteiger charge is -2.15. The summed E-state index contributed by atoms with van der Waals surface area (Å²) in [6, 6.07) is 12.1. The van der Waals surface area contributed by atoms with Gasteiger partial charge in [-0.2, -0.15) is 0 Å². The minimum absolute atomic E-state index is 0.886. The van der Waals surface area contributed by atoms with Crippen LogP contribution < -0.4 is 4.74 Å². The molecule has 2 nitrogen and oxygen atoms in total. The molecule has 0 saturated carbocycles. The summed E-state index contributed by atoms with van der Waals surface area (Å²) in [7, 11) is 0. The van der Waals surface area contributed by atoms with E-state index in [0.717, 1.165) is 18.8 Å². The van der Waals surface area contributed by atoms with Crippen LogP contribution in [0, 0.1) is 0 Å². The monoisotopic (exact) mass is 201 g/mol. The Balaban J connectivity index is 0.000000144. The topological polar surface area (TPSA) is 25.0 Å². The Bertz CT molecular complexity index is 339. The number of ether oxygens (including phenoxy) is 1. The van der Waals surface area contributed by atoms with Gasteiger partial charge in [-0.1, -0.05) is 18.2 Å². The Hall–Kier alpha value is -1.70. The van der Waals surface area contributed by atoms with Gasteiger partial charge in [0.2, 0.25) is 0 Å². The van der Waals surface area contributed by atoms with Crippen LogP contribution in [0.1, 0.15) is 12.0 Å². The van der Waals surface area contributed by atoms with E-state index < -0.39 is 0 Å². The predicted octanol–water partition coefficient (Wildman–Crippen LogP) is 3.03. The summed E-state index contributed by atoms with van der Waals surface area (Å²) in [6.45, 7) is 0.886. The molecule has 3 rings (SSSR count). The average Bonchev–Trinajstić information content (AvgIpc) is 2.88. The van der Waals surface area contributed by atoms with Gasteiger partial charge in [0.05, 0.1) is 6.61 Å². The largest absolute Gasteiger partial charge is 0.493 e. The molecular formula is C13H15NO. The zero-order valence-corrected chi connectivity index (χ0v) is 8.65. The van der Waals surface area contributed by atoms with E-state index in [1.165, 1.54) is 12.0 Å². The van der Waals surface area contributed by atoms with Gasteiger partial charge in [0.15, 0.2) is 0 Å². The fourth-order valence-corrected chi connectivity index (χ4v) is 1.57. The number of aromatic amines is 1. The van der Waals surface area contributed by atoms with E-state index in [-0.39, 0.29) is 0 Å². The van der Waals surface area contributed by atoms with Crippen molar-refractivity contribution >= 4 is 0 Å². The Labute approximate surface area is 89.9 Å². The zero-order valence-electron chi connectivity index (χ0n) is 8.65. The molecule has 0 fully saturated rings. The van der Waals surface area contributed by atoms with E-state index in [2.05, 4.69) is 17.1 Å². The lowest BCUT2D eigenvalue weighted by atomic mass is 10.1. The van der Waals surface area contributed by atoms with E-state index >= 15 is 0 Å². The maximum atomic E-state index is 5.42. The summed E-state index contributed by atoms with van der Waals surface area (Å²) in [5.41, 5.74) is 1.36. The van der Waals surface area contributed by atoms with Crippen LogP contribution >= 0.6 is 0 Å². The van der Waals surface area contributed by atoms with Gasteiger partial charge < -0.3 is 9.72 Å². The van der Waals surface area contributed by atoms with Gasteiger partial charge in [-0.05, 0) is 36.6 Å². The summed E-state index contributed by atoms with van der Waals surface area (Å²) in [6.07, 6.45) is 6.09. The van der Waals surface area contributed by atoms with E-state index in [0.29, 0.717) is 0 Å². The van der Waals surface area contributed by atoms with Crippen molar-refractivity contribution in [1.82, 2.24) is 4.98 Å². The van der Waals surface area contributed by atoms with Gasteiger partial charge in [0.25, 0.3) is 0 Å². The number of fused-ring (bicyclic) bond motifs is 1. The Kier molecular flexibility index (Phi) is 3.44. The number of aryl methyl sites for hydroxylation is 1. The molecule has 0 amide bonds. The van der Waals surface area contributed by atoms with Crippen LogP contribution in [0.5, 0.6) is 5.75 Å². The fraction of sp³-hybridized carbons (Fsp3) is 0.231. The molecule has 78 valence electrons. The molecular weight excluding hydrogens is 186 g/mol. The lowest BCUT2D eigenvalue weighted by molar-refractivity contribution is 0.288. The number of hydrogen-bond acceptors (Lipinski definition) is 1. The fourth-order valence-electron chi connectivity index (χ4n) is 1.57. The first-order chi connectivity index (χ1) is 7.47. The third kappa shape index (κ3) is 2.88. The number of para-hydroxylation sites is 1. The van der Waals surface area contributed by atoms with Crippen molar-refractivity contribution in [3.63, 3.8) is 0 Å². The zero-order chi connectivity index (χ0) is 10.3. The van der Waals surface area contributed by atoms with Crippen LogP contribution in [0.3, 0.4) is 0 Å². The first kappa shape index (κ1) is 9.84.